The van der Waals surface area contributed by atoms with E-state index in [9.17, 15) is 18.0 Å². The van der Waals surface area contributed by atoms with Gasteiger partial charge < -0.3 is 15.7 Å². The van der Waals surface area contributed by atoms with Crippen molar-refractivity contribution in [3.8, 4) is 0 Å². The average molecular weight is 306 g/mol. The standard InChI is InChI=1S/C12H22N2O5S/c1-9(11(15)16)4-2-6-13-12(17)14-10-5-3-7-20(18,19)8-10/h9-10H,2-8H2,1H3,(H,15,16)(H2,13,14,17). The van der Waals surface area contributed by atoms with E-state index < -0.39 is 27.8 Å². The Kier molecular flexibility index (Phi) is 6.25. The van der Waals surface area contributed by atoms with E-state index >= 15 is 0 Å². The summed E-state index contributed by atoms with van der Waals surface area (Å²) in [5, 5.41) is 14.0. The third kappa shape index (κ3) is 6.23. The third-order valence-electron chi connectivity index (χ3n) is 3.32. The fourth-order valence-electron chi connectivity index (χ4n) is 2.11. The number of nitrogens with one attached hydrogen (secondary N) is 2. The van der Waals surface area contributed by atoms with E-state index in [1.54, 1.807) is 6.92 Å². The van der Waals surface area contributed by atoms with Gasteiger partial charge in [0.2, 0.25) is 0 Å². The minimum absolute atomic E-state index is 0.00350. The molecule has 116 valence electrons. The Labute approximate surface area is 119 Å². The highest BCUT2D eigenvalue weighted by atomic mass is 32.2. The Balaban J connectivity index is 2.19. The van der Waals surface area contributed by atoms with Crippen LogP contribution in [0.1, 0.15) is 32.6 Å². The lowest BCUT2D eigenvalue weighted by Gasteiger charge is -2.23. The van der Waals surface area contributed by atoms with Crippen molar-refractivity contribution >= 4 is 21.8 Å². The highest BCUT2D eigenvalue weighted by Crippen LogP contribution is 2.11. The fraction of sp³-hybridized carbons (Fsp3) is 0.833. The summed E-state index contributed by atoms with van der Waals surface area (Å²) in [6.45, 7) is 2.00. The Morgan fingerprint density at radius 2 is 2.10 bits per heavy atom. The van der Waals surface area contributed by atoms with Crippen molar-refractivity contribution in [2.45, 2.75) is 38.6 Å². The van der Waals surface area contributed by atoms with Crippen LogP contribution >= 0.6 is 0 Å². The molecule has 1 heterocycles. The molecule has 1 aliphatic rings. The van der Waals surface area contributed by atoms with Crippen molar-refractivity contribution < 1.29 is 23.1 Å². The number of aliphatic carboxylic acids is 1. The van der Waals surface area contributed by atoms with Gasteiger partial charge in [0.25, 0.3) is 0 Å². The molecule has 0 bridgehead atoms. The van der Waals surface area contributed by atoms with Gasteiger partial charge in [0, 0.05) is 12.6 Å². The molecule has 1 saturated heterocycles. The maximum Gasteiger partial charge on any atom is 0.315 e. The lowest BCUT2D eigenvalue weighted by Crippen LogP contribution is -2.47. The lowest BCUT2D eigenvalue weighted by atomic mass is 10.1. The number of carboxylic acid groups (broad SMARTS) is 1. The minimum Gasteiger partial charge on any atom is -0.481 e. The third-order valence-corrected chi connectivity index (χ3v) is 5.14. The monoisotopic (exact) mass is 306 g/mol. The first kappa shape index (κ1) is 16.7. The number of carbonyl (C=O) groups excluding carboxylic acids is 1. The summed E-state index contributed by atoms with van der Waals surface area (Å²) in [5.74, 6) is -1.08. The van der Waals surface area contributed by atoms with Gasteiger partial charge in [-0.05, 0) is 25.7 Å². The largest absolute Gasteiger partial charge is 0.481 e. The molecule has 0 aromatic heterocycles. The molecule has 1 fully saturated rings. The highest BCUT2D eigenvalue weighted by Gasteiger charge is 2.25. The van der Waals surface area contributed by atoms with Crippen molar-refractivity contribution in [3.63, 3.8) is 0 Å². The summed E-state index contributed by atoms with van der Waals surface area (Å²) in [6.07, 6.45) is 2.31. The van der Waals surface area contributed by atoms with Crippen LogP contribution in [0.15, 0.2) is 0 Å². The Hall–Kier alpha value is -1.31. The van der Waals surface area contributed by atoms with E-state index in [0.717, 1.165) is 0 Å². The molecule has 1 rings (SSSR count). The van der Waals surface area contributed by atoms with Crippen molar-refractivity contribution in [1.29, 1.82) is 0 Å². The zero-order valence-corrected chi connectivity index (χ0v) is 12.4. The molecule has 2 amide bonds. The molecule has 1 aliphatic heterocycles. The molecule has 0 saturated carbocycles. The number of hydrogen-bond donors (Lipinski definition) is 3. The Morgan fingerprint density at radius 3 is 2.70 bits per heavy atom. The molecular formula is C12H22N2O5S. The highest BCUT2D eigenvalue weighted by molar-refractivity contribution is 7.91. The molecule has 0 aliphatic carbocycles. The van der Waals surface area contributed by atoms with Gasteiger partial charge in [0.05, 0.1) is 17.4 Å². The van der Waals surface area contributed by atoms with Gasteiger partial charge in [-0.3, -0.25) is 4.79 Å². The normalized spacial score (nSPS) is 22.8. The second kappa shape index (κ2) is 7.47. The van der Waals surface area contributed by atoms with Crippen molar-refractivity contribution in [3.05, 3.63) is 0 Å². The minimum atomic E-state index is -3.03. The zero-order valence-electron chi connectivity index (χ0n) is 11.6. The number of hydrogen-bond acceptors (Lipinski definition) is 4. The summed E-state index contributed by atoms with van der Waals surface area (Å²) in [6, 6.07) is -0.721. The maximum atomic E-state index is 11.6. The molecule has 0 aromatic carbocycles. The van der Waals surface area contributed by atoms with Crippen LogP contribution in [0.4, 0.5) is 4.79 Å². The lowest BCUT2D eigenvalue weighted by molar-refractivity contribution is -0.141. The van der Waals surface area contributed by atoms with E-state index in [-0.39, 0.29) is 17.5 Å². The summed E-state index contributed by atoms with van der Waals surface area (Å²) in [5.41, 5.74) is 0. The fourth-order valence-corrected chi connectivity index (χ4v) is 3.74. The van der Waals surface area contributed by atoms with Crippen LogP contribution in [0.2, 0.25) is 0 Å². The van der Waals surface area contributed by atoms with Gasteiger partial charge in [0.15, 0.2) is 9.84 Å². The molecule has 3 N–H and O–H groups in total. The average Bonchev–Trinajstić information content (AvgIpc) is 2.32. The van der Waals surface area contributed by atoms with E-state index in [0.29, 0.717) is 32.2 Å². The number of amides is 2. The van der Waals surface area contributed by atoms with Gasteiger partial charge in [-0.2, -0.15) is 0 Å². The van der Waals surface area contributed by atoms with E-state index in [2.05, 4.69) is 10.6 Å². The second-order valence-electron chi connectivity index (χ2n) is 5.24. The van der Waals surface area contributed by atoms with Gasteiger partial charge in [-0.1, -0.05) is 6.92 Å². The number of urea groups is 1. The Bertz CT molecular complexity index is 449. The van der Waals surface area contributed by atoms with Crippen molar-refractivity contribution in [1.82, 2.24) is 10.6 Å². The number of sulfone groups is 1. The summed E-state index contributed by atoms with van der Waals surface area (Å²) < 4.78 is 22.8. The first-order valence-corrected chi connectivity index (χ1v) is 8.60. The van der Waals surface area contributed by atoms with E-state index in [4.69, 9.17) is 5.11 Å². The number of rotatable bonds is 6. The van der Waals surface area contributed by atoms with Gasteiger partial charge in [-0.25, -0.2) is 13.2 Å². The Morgan fingerprint density at radius 1 is 1.40 bits per heavy atom. The smallest absolute Gasteiger partial charge is 0.315 e. The maximum absolute atomic E-state index is 11.6. The van der Waals surface area contributed by atoms with Gasteiger partial charge >= 0.3 is 12.0 Å². The van der Waals surface area contributed by atoms with Crippen LogP contribution in [-0.4, -0.2) is 49.6 Å². The second-order valence-corrected chi connectivity index (χ2v) is 7.46. The van der Waals surface area contributed by atoms with Crippen LogP contribution in [0.25, 0.3) is 0 Å². The SMILES string of the molecule is CC(CCCNC(=O)NC1CCCS(=O)(=O)C1)C(=O)O. The molecule has 7 nitrogen and oxygen atoms in total. The van der Waals surface area contributed by atoms with E-state index in [1.807, 2.05) is 0 Å². The van der Waals surface area contributed by atoms with Gasteiger partial charge in [0.1, 0.15) is 0 Å². The summed E-state index contributed by atoms with van der Waals surface area (Å²) in [4.78, 5) is 22.2. The molecular weight excluding hydrogens is 284 g/mol. The quantitative estimate of drug-likeness (QED) is 0.613. The summed E-state index contributed by atoms with van der Waals surface area (Å²) >= 11 is 0. The predicted octanol–water partition coefficient (Wildman–Crippen LogP) is 0.364. The van der Waals surface area contributed by atoms with E-state index in [1.165, 1.54) is 0 Å². The number of carboxylic acids is 1. The van der Waals surface area contributed by atoms with Crippen molar-refractivity contribution in [2.24, 2.45) is 5.92 Å². The molecule has 0 aromatic rings. The van der Waals surface area contributed by atoms with Crippen LogP contribution < -0.4 is 10.6 Å². The van der Waals surface area contributed by atoms with Gasteiger partial charge in [-0.15, -0.1) is 0 Å². The zero-order chi connectivity index (χ0) is 15.2. The molecule has 0 radical (unpaired) electrons. The molecule has 2 unspecified atom stereocenters. The van der Waals surface area contributed by atoms with Crippen LogP contribution in [-0.2, 0) is 14.6 Å². The molecule has 2 atom stereocenters. The molecule has 8 heteroatoms. The van der Waals surface area contributed by atoms with Crippen molar-refractivity contribution in [2.75, 3.05) is 18.1 Å². The molecule has 20 heavy (non-hydrogen) atoms. The number of carbonyl (C=O) groups is 2. The topological polar surface area (TPSA) is 113 Å². The first-order valence-electron chi connectivity index (χ1n) is 6.78. The first-order chi connectivity index (χ1) is 9.30. The van der Waals surface area contributed by atoms with Crippen LogP contribution in [0.5, 0.6) is 0 Å². The summed E-state index contributed by atoms with van der Waals surface area (Å²) in [7, 11) is -3.03. The molecule has 0 spiro atoms. The van der Waals surface area contributed by atoms with Crippen LogP contribution in [0.3, 0.4) is 0 Å². The predicted molar refractivity (Wildman–Crippen MR) is 74.2 cm³/mol. The van der Waals surface area contributed by atoms with Crippen LogP contribution in [0, 0.1) is 5.92 Å².